The van der Waals surface area contributed by atoms with Crippen molar-refractivity contribution in [2.45, 2.75) is 45.9 Å². The van der Waals surface area contributed by atoms with E-state index in [1.54, 1.807) is 11.0 Å². The fraction of sp³-hybridized carbons (Fsp3) is 0.364. The first kappa shape index (κ1) is 20.8. The lowest BCUT2D eigenvalue weighted by molar-refractivity contribution is -0.140. The van der Waals surface area contributed by atoms with Crippen LogP contribution in [0.5, 0.6) is 5.75 Å². The van der Waals surface area contributed by atoms with Crippen molar-refractivity contribution in [2.75, 3.05) is 5.32 Å². The minimum atomic E-state index is -2.94. The zero-order valence-corrected chi connectivity index (χ0v) is 16.4. The number of nitrogens with zero attached hydrogens (tertiary/aromatic N) is 1. The molecule has 2 amide bonds. The molecule has 5 nitrogen and oxygen atoms in total. The van der Waals surface area contributed by atoms with Gasteiger partial charge in [0.2, 0.25) is 11.8 Å². The summed E-state index contributed by atoms with van der Waals surface area (Å²) in [6.07, 6.45) is 0.753. The van der Waals surface area contributed by atoms with Crippen LogP contribution < -0.4 is 10.1 Å². The highest BCUT2D eigenvalue weighted by atomic mass is 19.3. The van der Waals surface area contributed by atoms with Crippen LogP contribution in [0.15, 0.2) is 48.5 Å². The van der Waals surface area contributed by atoms with Gasteiger partial charge in [-0.05, 0) is 29.2 Å². The molecule has 1 heterocycles. The maximum absolute atomic E-state index is 13.0. The van der Waals surface area contributed by atoms with Crippen LogP contribution in [0.4, 0.5) is 14.5 Å². The van der Waals surface area contributed by atoms with Gasteiger partial charge in [0.25, 0.3) is 0 Å². The summed E-state index contributed by atoms with van der Waals surface area (Å²) in [4.78, 5) is 27.4. The van der Waals surface area contributed by atoms with Gasteiger partial charge in [-0.1, -0.05) is 44.2 Å². The first-order valence-corrected chi connectivity index (χ1v) is 9.55. The highest BCUT2D eigenvalue weighted by molar-refractivity contribution is 5.97. The van der Waals surface area contributed by atoms with E-state index in [0.717, 1.165) is 11.1 Å². The largest absolute Gasteiger partial charge is 0.435 e. The van der Waals surface area contributed by atoms with E-state index in [1.807, 2.05) is 38.1 Å². The summed E-state index contributed by atoms with van der Waals surface area (Å²) in [5.74, 6) is -0.304. The third-order valence-corrected chi connectivity index (χ3v) is 4.78. The lowest BCUT2D eigenvalue weighted by Gasteiger charge is -2.36. The molecule has 154 valence electrons. The Labute approximate surface area is 168 Å². The lowest BCUT2D eigenvalue weighted by Crippen LogP contribution is -2.50. The minimum Gasteiger partial charge on any atom is -0.435 e. The Morgan fingerprint density at radius 3 is 2.55 bits per heavy atom. The Hall–Kier alpha value is -2.96. The van der Waals surface area contributed by atoms with Crippen molar-refractivity contribution in [3.63, 3.8) is 0 Å². The average molecular weight is 402 g/mol. The minimum absolute atomic E-state index is 0.0421. The monoisotopic (exact) mass is 402 g/mol. The van der Waals surface area contributed by atoms with Gasteiger partial charge in [0.1, 0.15) is 11.8 Å². The quantitative estimate of drug-likeness (QED) is 0.787. The van der Waals surface area contributed by atoms with Crippen molar-refractivity contribution in [3.8, 4) is 5.75 Å². The van der Waals surface area contributed by atoms with Gasteiger partial charge in [0.05, 0.1) is 0 Å². The molecule has 2 aromatic rings. The molecule has 0 radical (unpaired) electrons. The summed E-state index contributed by atoms with van der Waals surface area (Å²) in [5, 5.41) is 2.74. The number of benzene rings is 2. The molecule has 0 saturated carbocycles. The van der Waals surface area contributed by atoms with E-state index in [2.05, 4.69) is 10.1 Å². The van der Waals surface area contributed by atoms with Gasteiger partial charge in [0, 0.05) is 31.1 Å². The summed E-state index contributed by atoms with van der Waals surface area (Å²) < 4.78 is 29.3. The van der Waals surface area contributed by atoms with Gasteiger partial charge in [0.15, 0.2) is 0 Å². The average Bonchev–Trinajstić information content (AvgIpc) is 2.66. The van der Waals surface area contributed by atoms with E-state index in [9.17, 15) is 18.4 Å². The first-order chi connectivity index (χ1) is 13.8. The molecular formula is C22H24F2N2O3. The van der Waals surface area contributed by atoms with Crippen LogP contribution in [-0.2, 0) is 22.6 Å². The Morgan fingerprint density at radius 2 is 1.86 bits per heavy atom. The number of hydrogen-bond donors (Lipinski definition) is 1. The summed E-state index contributed by atoms with van der Waals surface area (Å²) in [6, 6.07) is 12.9. The van der Waals surface area contributed by atoms with Crippen molar-refractivity contribution in [2.24, 2.45) is 5.92 Å². The molecule has 1 aliphatic rings. The second-order valence-corrected chi connectivity index (χ2v) is 7.50. The number of carbonyl (C=O) groups is 2. The zero-order chi connectivity index (χ0) is 21.0. The number of rotatable bonds is 6. The third-order valence-electron chi connectivity index (χ3n) is 4.78. The Bertz CT molecular complexity index is 886. The summed E-state index contributed by atoms with van der Waals surface area (Å²) in [5.41, 5.74) is 2.39. The highest BCUT2D eigenvalue weighted by Crippen LogP contribution is 2.26. The van der Waals surface area contributed by atoms with Gasteiger partial charge < -0.3 is 15.0 Å². The molecule has 0 spiro atoms. The number of nitrogens with one attached hydrogen (secondary N) is 1. The molecule has 1 atom stereocenters. The molecule has 7 heteroatoms. The van der Waals surface area contributed by atoms with E-state index in [1.165, 1.54) is 18.2 Å². The molecule has 0 aromatic heterocycles. The number of alkyl halides is 2. The molecule has 1 aliphatic heterocycles. The first-order valence-electron chi connectivity index (χ1n) is 9.55. The number of hydrogen-bond acceptors (Lipinski definition) is 3. The normalized spacial score (nSPS) is 15.9. The molecule has 2 aromatic carbocycles. The van der Waals surface area contributed by atoms with Crippen molar-refractivity contribution in [1.29, 1.82) is 0 Å². The summed E-state index contributed by atoms with van der Waals surface area (Å²) >= 11 is 0. The van der Waals surface area contributed by atoms with Crippen LogP contribution in [0.1, 0.15) is 31.4 Å². The number of ether oxygens (including phenoxy) is 1. The second kappa shape index (κ2) is 9.03. The molecular weight excluding hydrogens is 378 g/mol. The van der Waals surface area contributed by atoms with Gasteiger partial charge in [-0.3, -0.25) is 9.59 Å². The van der Waals surface area contributed by atoms with Gasteiger partial charge in [-0.25, -0.2) is 0 Å². The van der Waals surface area contributed by atoms with E-state index in [-0.39, 0.29) is 23.5 Å². The summed E-state index contributed by atoms with van der Waals surface area (Å²) in [6.45, 7) is 1.34. The molecule has 0 fully saturated rings. The molecule has 1 N–H and O–H groups in total. The van der Waals surface area contributed by atoms with E-state index in [4.69, 9.17) is 0 Å². The Morgan fingerprint density at radius 1 is 1.14 bits per heavy atom. The maximum Gasteiger partial charge on any atom is 0.387 e. The van der Waals surface area contributed by atoms with Crippen molar-refractivity contribution < 1.29 is 23.1 Å². The van der Waals surface area contributed by atoms with Crippen LogP contribution in [0, 0.1) is 5.92 Å². The van der Waals surface area contributed by atoms with Crippen LogP contribution in [0.3, 0.4) is 0 Å². The van der Waals surface area contributed by atoms with Crippen molar-refractivity contribution in [1.82, 2.24) is 4.90 Å². The van der Waals surface area contributed by atoms with E-state index >= 15 is 0 Å². The lowest BCUT2D eigenvalue weighted by atomic mass is 9.92. The van der Waals surface area contributed by atoms with E-state index in [0.29, 0.717) is 25.1 Å². The molecule has 0 saturated heterocycles. The Balaban J connectivity index is 1.81. The number of carbonyl (C=O) groups excluding carboxylic acids is 2. The van der Waals surface area contributed by atoms with Crippen LogP contribution in [0.2, 0.25) is 0 Å². The molecule has 0 bridgehead atoms. The SMILES string of the molecule is CC(C)CC(=O)N1Cc2ccccc2CC1C(=O)Nc1cccc(OC(F)F)c1. The van der Waals surface area contributed by atoms with E-state index < -0.39 is 12.7 Å². The van der Waals surface area contributed by atoms with Gasteiger partial charge >= 0.3 is 6.61 Å². The number of amides is 2. The molecule has 0 aliphatic carbocycles. The van der Waals surface area contributed by atoms with Gasteiger partial charge in [-0.2, -0.15) is 8.78 Å². The van der Waals surface area contributed by atoms with Crippen LogP contribution in [0.25, 0.3) is 0 Å². The smallest absolute Gasteiger partial charge is 0.387 e. The predicted molar refractivity (Wildman–Crippen MR) is 106 cm³/mol. The third kappa shape index (κ3) is 5.31. The molecule has 3 rings (SSSR count). The zero-order valence-electron chi connectivity index (χ0n) is 16.4. The molecule has 1 unspecified atom stereocenters. The number of anilines is 1. The van der Waals surface area contributed by atoms with Gasteiger partial charge in [-0.15, -0.1) is 0 Å². The Kier molecular flexibility index (Phi) is 6.46. The standard InChI is InChI=1S/C22H24F2N2O3/c1-14(2)10-20(27)26-13-16-7-4-3-6-15(16)11-19(26)21(28)25-17-8-5-9-18(12-17)29-22(23)24/h3-9,12,14,19,22H,10-11,13H2,1-2H3,(H,25,28). The van der Waals surface area contributed by atoms with Crippen molar-refractivity contribution in [3.05, 3.63) is 59.7 Å². The number of fused-ring (bicyclic) bond motifs is 1. The van der Waals surface area contributed by atoms with Crippen LogP contribution >= 0.6 is 0 Å². The predicted octanol–water partition coefficient (Wildman–Crippen LogP) is 4.23. The molecule has 29 heavy (non-hydrogen) atoms. The van der Waals surface area contributed by atoms with Crippen LogP contribution in [-0.4, -0.2) is 29.4 Å². The maximum atomic E-state index is 13.0. The summed E-state index contributed by atoms with van der Waals surface area (Å²) in [7, 11) is 0. The highest BCUT2D eigenvalue weighted by Gasteiger charge is 2.34. The topological polar surface area (TPSA) is 58.6 Å². The van der Waals surface area contributed by atoms with Crippen molar-refractivity contribution >= 4 is 17.5 Å². The fourth-order valence-electron chi connectivity index (χ4n) is 3.46. The fourth-order valence-corrected chi connectivity index (χ4v) is 3.46. The second-order valence-electron chi connectivity index (χ2n) is 7.50. The number of halogens is 2.